The van der Waals surface area contributed by atoms with Crippen LogP contribution in [0.2, 0.25) is 0 Å². The van der Waals surface area contributed by atoms with Crippen LogP contribution in [0.1, 0.15) is 30.6 Å². The lowest BCUT2D eigenvalue weighted by Gasteiger charge is -2.37. The predicted octanol–water partition coefficient (Wildman–Crippen LogP) is 3.39. The molecule has 0 saturated heterocycles. The number of hydrogen-bond donors (Lipinski definition) is 2. The fraction of sp³-hybridized carbons (Fsp3) is 0.400. The zero-order valence-electron chi connectivity index (χ0n) is 15.3. The Kier molecular flexibility index (Phi) is 6.58. The second-order valence-corrected chi connectivity index (χ2v) is 6.62. The van der Waals surface area contributed by atoms with Gasteiger partial charge in [-0.05, 0) is 18.9 Å². The molecule has 0 heterocycles. The Hall–Kier alpha value is -2.60. The summed E-state index contributed by atoms with van der Waals surface area (Å²) in [4.78, 5) is 22.6. The molecule has 0 saturated carbocycles. The summed E-state index contributed by atoms with van der Waals surface area (Å²) in [7, 11) is 1.30. The highest BCUT2D eigenvalue weighted by molar-refractivity contribution is 5.87. The minimum absolute atomic E-state index is 0.281. The molecule has 140 valence electrons. The van der Waals surface area contributed by atoms with E-state index in [1.54, 1.807) is 12.2 Å². The van der Waals surface area contributed by atoms with Gasteiger partial charge in [-0.1, -0.05) is 55.0 Å². The zero-order chi connectivity index (χ0) is 19.2. The summed E-state index contributed by atoms with van der Waals surface area (Å²) in [6.45, 7) is 4.57. The van der Waals surface area contributed by atoms with Gasteiger partial charge in [0.2, 0.25) is 0 Å². The molecule has 0 aliphatic heterocycles. The molecule has 0 fully saturated rings. The van der Waals surface area contributed by atoms with Crippen LogP contribution in [0.5, 0.6) is 0 Å². The molecule has 0 radical (unpaired) electrons. The molecule has 1 aliphatic carbocycles. The van der Waals surface area contributed by atoms with Gasteiger partial charge in [-0.2, -0.15) is 0 Å². The number of amides is 1. The van der Waals surface area contributed by atoms with Crippen molar-refractivity contribution in [2.24, 2.45) is 5.41 Å². The molecule has 1 amide bonds. The van der Waals surface area contributed by atoms with Gasteiger partial charge in [-0.15, -0.1) is 0 Å². The first-order valence-electron chi connectivity index (χ1n) is 8.47. The number of carboxylic acids is 1. The van der Waals surface area contributed by atoms with Crippen molar-refractivity contribution in [2.45, 2.75) is 26.4 Å². The van der Waals surface area contributed by atoms with Crippen molar-refractivity contribution in [3.63, 3.8) is 0 Å². The fourth-order valence-corrected chi connectivity index (χ4v) is 3.14. The third kappa shape index (κ3) is 4.95. The van der Waals surface area contributed by atoms with Gasteiger partial charge < -0.3 is 19.9 Å². The molecule has 2 unspecified atom stereocenters. The van der Waals surface area contributed by atoms with Crippen molar-refractivity contribution in [2.75, 3.05) is 20.3 Å². The van der Waals surface area contributed by atoms with Crippen LogP contribution in [0.15, 0.2) is 48.1 Å². The van der Waals surface area contributed by atoms with Crippen LogP contribution in [0.3, 0.4) is 0 Å². The fourth-order valence-electron chi connectivity index (χ4n) is 3.14. The molecule has 0 aromatic heterocycles. The number of allylic oxidation sites excluding steroid dienone is 2. The number of carboxylic acid groups (broad SMARTS) is 1. The van der Waals surface area contributed by atoms with Gasteiger partial charge in [0.1, 0.15) is 0 Å². The minimum atomic E-state index is -0.920. The molecule has 6 heteroatoms. The molecule has 2 N–H and O–H groups in total. The van der Waals surface area contributed by atoms with Crippen molar-refractivity contribution in [1.29, 1.82) is 0 Å². The van der Waals surface area contributed by atoms with E-state index in [-0.39, 0.29) is 12.7 Å². The summed E-state index contributed by atoms with van der Waals surface area (Å²) in [6, 6.07) is 7.97. The number of rotatable bonds is 7. The SMILES string of the molecule is COC(=O)NCCOC(c1cccc(C)c1)C1(C)C=CC=C(C(=O)O)C1. The molecule has 2 rings (SSSR count). The molecular formula is C20H25NO5. The van der Waals surface area contributed by atoms with Crippen LogP contribution in [0.25, 0.3) is 0 Å². The second kappa shape index (κ2) is 8.67. The third-order valence-electron chi connectivity index (χ3n) is 4.41. The first-order valence-corrected chi connectivity index (χ1v) is 8.47. The Morgan fingerprint density at radius 2 is 2.15 bits per heavy atom. The van der Waals surface area contributed by atoms with Gasteiger partial charge in [-0.3, -0.25) is 0 Å². The van der Waals surface area contributed by atoms with E-state index in [2.05, 4.69) is 10.1 Å². The van der Waals surface area contributed by atoms with E-state index >= 15 is 0 Å². The van der Waals surface area contributed by atoms with Gasteiger partial charge >= 0.3 is 12.1 Å². The molecule has 1 aliphatic rings. The first-order chi connectivity index (χ1) is 12.4. The smallest absolute Gasteiger partial charge is 0.406 e. The largest absolute Gasteiger partial charge is 0.478 e. The number of carbonyl (C=O) groups is 2. The van der Waals surface area contributed by atoms with Crippen molar-refractivity contribution >= 4 is 12.1 Å². The highest BCUT2D eigenvalue weighted by atomic mass is 16.5. The van der Waals surface area contributed by atoms with Gasteiger partial charge in [-0.25, -0.2) is 9.59 Å². The molecular weight excluding hydrogens is 334 g/mol. The molecule has 0 bridgehead atoms. The van der Waals surface area contributed by atoms with E-state index in [1.807, 2.05) is 44.2 Å². The maximum atomic E-state index is 11.4. The highest BCUT2D eigenvalue weighted by Crippen LogP contribution is 2.45. The molecule has 1 aromatic carbocycles. The number of nitrogens with one attached hydrogen (secondary N) is 1. The summed E-state index contributed by atoms with van der Waals surface area (Å²) in [6.07, 6.45) is 4.88. The number of alkyl carbamates (subject to hydrolysis) is 1. The minimum Gasteiger partial charge on any atom is -0.478 e. The zero-order valence-corrected chi connectivity index (χ0v) is 15.3. The summed E-state index contributed by atoms with van der Waals surface area (Å²) in [5.41, 5.74) is 1.91. The van der Waals surface area contributed by atoms with Crippen LogP contribution in [-0.2, 0) is 14.3 Å². The van der Waals surface area contributed by atoms with E-state index in [0.29, 0.717) is 18.5 Å². The Morgan fingerprint density at radius 3 is 2.81 bits per heavy atom. The third-order valence-corrected chi connectivity index (χ3v) is 4.41. The molecule has 0 spiro atoms. The van der Waals surface area contributed by atoms with Crippen molar-refractivity contribution in [1.82, 2.24) is 5.32 Å². The number of aliphatic carboxylic acids is 1. The average Bonchev–Trinajstić information content (AvgIpc) is 2.61. The van der Waals surface area contributed by atoms with Gasteiger partial charge in [0, 0.05) is 17.5 Å². The first kappa shape index (κ1) is 19.7. The molecule has 1 aromatic rings. The quantitative estimate of drug-likeness (QED) is 0.729. The standard InChI is InChI=1S/C20H25NO5/c1-14-6-4-7-15(12-14)17(26-11-10-21-19(24)25-3)20(2)9-5-8-16(13-20)18(22)23/h4-9,12,17H,10-11,13H2,1-3H3,(H,21,24)(H,22,23). The molecule has 2 atom stereocenters. The van der Waals surface area contributed by atoms with Crippen molar-refractivity contribution in [3.8, 4) is 0 Å². The van der Waals surface area contributed by atoms with Crippen LogP contribution >= 0.6 is 0 Å². The summed E-state index contributed by atoms with van der Waals surface area (Å²) < 4.78 is 10.7. The van der Waals surface area contributed by atoms with Crippen LogP contribution in [-0.4, -0.2) is 37.4 Å². The van der Waals surface area contributed by atoms with Gasteiger partial charge in [0.15, 0.2) is 0 Å². The topological polar surface area (TPSA) is 84.9 Å². The van der Waals surface area contributed by atoms with Crippen LogP contribution < -0.4 is 5.32 Å². The number of benzene rings is 1. The maximum Gasteiger partial charge on any atom is 0.406 e. The van der Waals surface area contributed by atoms with Gasteiger partial charge in [0.05, 0.1) is 19.8 Å². The van der Waals surface area contributed by atoms with Crippen molar-refractivity contribution in [3.05, 3.63) is 59.2 Å². The van der Waals surface area contributed by atoms with Crippen LogP contribution in [0.4, 0.5) is 4.79 Å². The number of ether oxygens (including phenoxy) is 2. The number of aryl methyl sites for hydroxylation is 1. The predicted molar refractivity (Wildman–Crippen MR) is 97.9 cm³/mol. The summed E-state index contributed by atoms with van der Waals surface area (Å²) in [5.74, 6) is -0.920. The van der Waals surface area contributed by atoms with Crippen molar-refractivity contribution < 1.29 is 24.2 Å². The lowest BCUT2D eigenvalue weighted by Crippen LogP contribution is -2.32. The van der Waals surface area contributed by atoms with E-state index in [4.69, 9.17) is 4.74 Å². The Balaban J connectivity index is 2.20. The van der Waals surface area contributed by atoms with Gasteiger partial charge in [0.25, 0.3) is 0 Å². The lowest BCUT2D eigenvalue weighted by molar-refractivity contribution is -0.133. The Morgan fingerprint density at radius 1 is 1.38 bits per heavy atom. The van der Waals surface area contributed by atoms with Crippen LogP contribution in [0, 0.1) is 12.3 Å². The molecule has 26 heavy (non-hydrogen) atoms. The monoisotopic (exact) mass is 359 g/mol. The van der Waals surface area contributed by atoms with E-state index in [1.165, 1.54) is 7.11 Å². The second-order valence-electron chi connectivity index (χ2n) is 6.62. The molecule has 6 nitrogen and oxygen atoms in total. The Labute approximate surface area is 153 Å². The summed E-state index contributed by atoms with van der Waals surface area (Å²) >= 11 is 0. The summed E-state index contributed by atoms with van der Waals surface area (Å²) in [5, 5.41) is 11.9. The number of methoxy groups -OCH3 is 1. The Bertz CT molecular complexity index is 725. The maximum absolute atomic E-state index is 11.4. The average molecular weight is 359 g/mol. The number of hydrogen-bond acceptors (Lipinski definition) is 4. The van der Waals surface area contributed by atoms with E-state index < -0.39 is 17.5 Å². The highest BCUT2D eigenvalue weighted by Gasteiger charge is 2.37. The van der Waals surface area contributed by atoms with E-state index in [0.717, 1.165) is 11.1 Å². The van der Waals surface area contributed by atoms with E-state index in [9.17, 15) is 14.7 Å². The normalized spacial score (nSPS) is 20.2. The lowest BCUT2D eigenvalue weighted by atomic mass is 9.73. The number of carbonyl (C=O) groups excluding carboxylic acids is 1.